The number of rotatable bonds is 11. The monoisotopic (exact) mass is 428 g/mol. The highest BCUT2D eigenvalue weighted by molar-refractivity contribution is 7.81. The second-order valence-electron chi connectivity index (χ2n) is 7.81. The van der Waals surface area contributed by atoms with E-state index in [0.29, 0.717) is 24.1 Å². The van der Waals surface area contributed by atoms with Gasteiger partial charge >= 0.3 is 5.97 Å². The van der Waals surface area contributed by atoms with Gasteiger partial charge in [-0.05, 0) is 69.9 Å². The Bertz CT molecular complexity index is 642. The third-order valence-corrected chi connectivity index (χ3v) is 7.15. The van der Waals surface area contributed by atoms with Crippen molar-refractivity contribution in [3.8, 4) is 0 Å². The third kappa shape index (κ3) is 7.19. The van der Waals surface area contributed by atoms with E-state index in [1.54, 1.807) is 19.1 Å². The Morgan fingerprint density at radius 2 is 2.07 bits per heavy atom. The number of aromatic carboxylic acids is 1. The van der Waals surface area contributed by atoms with Crippen LogP contribution >= 0.6 is 24.0 Å². The minimum Gasteiger partial charge on any atom is -0.477 e. The number of aliphatic hydroxyl groups is 3. The molecule has 0 aliphatic heterocycles. The number of aryl methyl sites for hydroxylation is 1. The lowest BCUT2D eigenvalue weighted by molar-refractivity contribution is 0.0702. The van der Waals surface area contributed by atoms with E-state index in [4.69, 9.17) is 5.11 Å². The third-order valence-electron chi connectivity index (χ3n) is 5.43. The van der Waals surface area contributed by atoms with Gasteiger partial charge in [0.15, 0.2) is 0 Å². The van der Waals surface area contributed by atoms with E-state index in [0.717, 1.165) is 30.6 Å². The number of aliphatic hydroxyl groups excluding tert-OH is 3. The number of thiophene rings is 1. The number of carboxylic acid groups (broad SMARTS) is 1. The topological polar surface area (TPSA) is 98.0 Å². The zero-order chi connectivity index (χ0) is 20.7. The molecular formula is C21H32O5S2. The molecule has 1 aromatic rings. The highest BCUT2D eigenvalue weighted by Crippen LogP contribution is 2.40. The van der Waals surface area contributed by atoms with Crippen molar-refractivity contribution in [3.63, 3.8) is 0 Å². The Kier molecular flexibility index (Phi) is 9.50. The molecule has 1 heterocycles. The number of hydrogen-bond acceptors (Lipinski definition) is 6. The first-order chi connectivity index (χ1) is 13.3. The van der Waals surface area contributed by atoms with Gasteiger partial charge < -0.3 is 20.4 Å². The van der Waals surface area contributed by atoms with Crippen LogP contribution in [-0.2, 0) is 6.42 Å². The quantitative estimate of drug-likeness (QED) is 0.274. The molecule has 0 amide bonds. The van der Waals surface area contributed by atoms with Crippen LogP contribution < -0.4 is 0 Å². The molecule has 0 radical (unpaired) electrons. The number of carbonyl (C=O) groups is 1. The molecule has 0 bridgehead atoms. The summed E-state index contributed by atoms with van der Waals surface area (Å²) >= 11 is 5.98. The summed E-state index contributed by atoms with van der Waals surface area (Å²) in [6.45, 7) is 1.74. The maximum atomic E-state index is 11.0. The predicted molar refractivity (Wildman–Crippen MR) is 115 cm³/mol. The normalized spacial score (nSPS) is 27.3. The van der Waals surface area contributed by atoms with Crippen LogP contribution in [-0.4, -0.2) is 50.0 Å². The van der Waals surface area contributed by atoms with Crippen molar-refractivity contribution in [1.29, 1.82) is 0 Å². The van der Waals surface area contributed by atoms with Crippen LogP contribution in [0.5, 0.6) is 0 Å². The molecule has 1 saturated carbocycles. The van der Waals surface area contributed by atoms with Gasteiger partial charge in [-0.2, -0.15) is 12.6 Å². The van der Waals surface area contributed by atoms with Gasteiger partial charge in [-0.25, -0.2) is 4.79 Å². The summed E-state index contributed by atoms with van der Waals surface area (Å²) in [4.78, 5) is 12.4. The Balaban J connectivity index is 1.84. The van der Waals surface area contributed by atoms with Crippen LogP contribution in [0, 0.1) is 11.8 Å². The van der Waals surface area contributed by atoms with E-state index in [1.165, 1.54) is 11.3 Å². The predicted octanol–water partition coefficient (Wildman–Crippen LogP) is 3.53. The number of hydrogen-bond donors (Lipinski definition) is 5. The first-order valence-electron chi connectivity index (χ1n) is 10.0. The minimum atomic E-state index is -0.886. The molecule has 0 saturated heterocycles. The maximum Gasteiger partial charge on any atom is 0.345 e. The summed E-state index contributed by atoms with van der Waals surface area (Å²) in [5.41, 5.74) is 0. The molecule has 0 aromatic carbocycles. The van der Waals surface area contributed by atoms with Gasteiger partial charge in [-0.1, -0.05) is 12.2 Å². The van der Waals surface area contributed by atoms with E-state index < -0.39 is 18.2 Å². The fourth-order valence-corrected chi connectivity index (χ4v) is 5.34. The second kappa shape index (κ2) is 11.4. The van der Waals surface area contributed by atoms with Gasteiger partial charge in [-0.3, -0.25) is 0 Å². The lowest BCUT2D eigenvalue weighted by Crippen LogP contribution is -2.19. The Morgan fingerprint density at radius 3 is 2.71 bits per heavy atom. The molecule has 7 heteroatoms. The molecule has 1 aliphatic rings. The summed E-state index contributed by atoms with van der Waals surface area (Å²) in [7, 11) is 0. The molecule has 5 nitrogen and oxygen atoms in total. The summed E-state index contributed by atoms with van der Waals surface area (Å²) in [5.74, 6) is -0.673. The highest BCUT2D eigenvalue weighted by atomic mass is 32.1. The molecule has 158 valence electrons. The van der Waals surface area contributed by atoms with E-state index in [1.807, 2.05) is 12.1 Å². The van der Waals surface area contributed by atoms with Crippen molar-refractivity contribution >= 4 is 29.9 Å². The van der Waals surface area contributed by atoms with Gasteiger partial charge in [0.05, 0.1) is 18.3 Å². The van der Waals surface area contributed by atoms with Crippen LogP contribution in [0.25, 0.3) is 0 Å². The van der Waals surface area contributed by atoms with Crippen molar-refractivity contribution in [3.05, 3.63) is 34.0 Å². The van der Waals surface area contributed by atoms with Crippen LogP contribution in [0.1, 0.15) is 60.0 Å². The van der Waals surface area contributed by atoms with Crippen LogP contribution in [0.2, 0.25) is 0 Å². The molecule has 0 unspecified atom stereocenters. The van der Waals surface area contributed by atoms with E-state index in [-0.39, 0.29) is 23.2 Å². The van der Waals surface area contributed by atoms with Gasteiger partial charge in [0.2, 0.25) is 0 Å². The maximum absolute atomic E-state index is 11.0. The lowest BCUT2D eigenvalue weighted by atomic mass is 9.89. The second-order valence-corrected chi connectivity index (χ2v) is 9.64. The van der Waals surface area contributed by atoms with Crippen molar-refractivity contribution in [2.75, 3.05) is 0 Å². The molecule has 6 atom stereocenters. The lowest BCUT2D eigenvalue weighted by Gasteiger charge is -2.21. The molecule has 28 heavy (non-hydrogen) atoms. The van der Waals surface area contributed by atoms with Crippen molar-refractivity contribution < 1.29 is 25.2 Å². The Hall–Kier alpha value is -0.860. The highest BCUT2D eigenvalue weighted by Gasteiger charge is 2.38. The SMILES string of the molecule is C[C@@H](O)CCC[C@H](O)C=C[C@@H]1[C@@H](CCCc2ccc(C(=O)O)s2)[C@H](S)C[C@H]1O. The summed E-state index contributed by atoms with van der Waals surface area (Å²) in [5, 5.41) is 38.9. The Labute approximate surface area is 176 Å². The van der Waals surface area contributed by atoms with Crippen molar-refractivity contribution in [2.45, 2.75) is 75.4 Å². The average Bonchev–Trinajstić information content (AvgIpc) is 3.18. The zero-order valence-electron chi connectivity index (χ0n) is 16.3. The van der Waals surface area contributed by atoms with Gasteiger partial charge in [0.25, 0.3) is 0 Å². The van der Waals surface area contributed by atoms with E-state index in [9.17, 15) is 20.1 Å². The largest absolute Gasteiger partial charge is 0.477 e. The van der Waals surface area contributed by atoms with Crippen LogP contribution in [0.4, 0.5) is 0 Å². The van der Waals surface area contributed by atoms with Gasteiger partial charge in [-0.15, -0.1) is 11.3 Å². The zero-order valence-corrected chi connectivity index (χ0v) is 18.0. The summed E-state index contributed by atoms with van der Waals surface area (Å²) < 4.78 is 0. The number of thiol groups is 1. The standard InChI is InChI=1S/C21H32O5S2/c1-13(22)4-2-5-14(23)8-10-16-17(19(27)12-18(16)24)7-3-6-15-9-11-20(28-15)21(25)26/h8-11,13-14,16-19,22-24,27H,2-7,12H2,1H3,(H,25,26)/t13-,14+,16-,17-,18-,19-/m1/s1. The first-order valence-corrected chi connectivity index (χ1v) is 11.3. The average molecular weight is 429 g/mol. The summed E-state index contributed by atoms with van der Waals surface area (Å²) in [6, 6.07) is 3.52. The molecule has 1 aromatic heterocycles. The van der Waals surface area contributed by atoms with E-state index >= 15 is 0 Å². The van der Waals surface area contributed by atoms with Gasteiger partial charge in [0.1, 0.15) is 4.88 Å². The Morgan fingerprint density at radius 1 is 1.32 bits per heavy atom. The molecule has 0 spiro atoms. The summed E-state index contributed by atoms with van der Waals surface area (Å²) in [6.07, 6.45) is 7.65. The molecule has 1 fully saturated rings. The first kappa shape index (κ1) is 23.4. The minimum absolute atomic E-state index is 0.0215. The smallest absolute Gasteiger partial charge is 0.345 e. The molecule has 2 rings (SSSR count). The van der Waals surface area contributed by atoms with Crippen molar-refractivity contribution in [2.24, 2.45) is 11.8 Å². The van der Waals surface area contributed by atoms with Gasteiger partial charge in [0, 0.05) is 16.0 Å². The molecule has 4 N–H and O–H groups in total. The fraction of sp³-hybridized carbons (Fsp3) is 0.667. The van der Waals surface area contributed by atoms with E-state index in [2.05, 4.69) is 12.6 Å². The fourth-order valence-electron chi connectivity index (χ4n) is 3.89. The molecule has 1 aliphatic carbocycles. The molecular weight excluding hydrogens is 396 g/mol. The number of carboxylic acids is 1. The van der Waals surface area contributed by atoms with Crippen LogP contribution in [0.3, 0.4) is 0 Å². The van der Waals surface area contributed by atoms with Crippen molar-refractivity contribution in [1.82, 2.24) is 0 Å². The van der Waals surface area contributed by atoms with Crippen LogP contribution in [0.15, 0.2) is 24.3 Å².